The van der Waals surface area contributed by atoms with Crippen molar-refractivity contribution in [1.29, 1.82) is 5.26 Å². The molecular weight excluding hydrogens is 216 g/mol. The topological polar surface area (TPSA) is 83.0 Å². The van der Waals surface area contributed by atoms with Crippen molar-refractivity contribution in [2.75, 3.05) is 12.3 Å². The van der Waals surface area contributed by atoms with Crippen molar-refractivity contribution in [2.45, 2.75) is 25.3 Å². The lowest BCUT2D eigenvalue weighted by Crippen LogP contribution is -2.34. The molecule has 2 rings (SSSR count). The van der Waals surface area contributed by atoms with E-state index in [9.17, 15) is 4.79 Å². The Kier molecular flexibility index (Phi) is 3.24. The van der Waals surface area contributed by atoms with E-state index in [0.717, 1.165) is 12.8 Å². The molecule has 0 aromatic carbocycles. The molecule has 0 bridgehead atoms. The molecule has 1 aliphatic rings. The summed E-state index contributed by atoms with van der Waals surface area (Å²) < 4.78 is 0. The number of hydrogen-bond acceptors (Lipinski definition) is 4. The zero-order valence-electron chi connectivity index (χ0n) is 9.47. The van der Waals surface area contributed by atoms with Gasteiger partial charge in [-0.05, 0) is 25.0 Å². The summed E-state index contributed by atoms with van der Waals surface area (Å²) in [5.41, 5.74) is 6.51. The monoisotopic (exact) mass is 230 g/mol. The van der Waals surface area contributed by atoms with Gasteiger partial charge in [-0.15, -0.1) is 0 Å². The molecule has 0 unspecified atom stereocenters. The van der Waals surface area contributed by atoms with Crippen molar-refractivity contribution in [3.63, 3.8) is 0 Å². The Morgan fingerprint density at radius 2 is 2.41 bits per heavy atom. The molecule has 1 amide bonds. The predicted molar refractivity (Wildman–Crippen MR) is 62.9 cm³/mol. The van der Waals surface area contributed by atoms with Crippen LogP contribution in [0, 0.1) is 11.3 Å². The fourth-order valence-corrected chi connectivity index (χ4v) is 1.72. The molecule has 0 saturated heterocycles. The first-order chi connectivity index (χ1) is 8.22. The van der Waals surface area contributed by atoms with Gasteiger partial charge in [-0.2, -0.15) is 5.26 Å². The normalized spacial score (nSPS) is 14.1. The third kappa shape index (κ3) is 2.72. The zero-order valence-corrected chi connectivity index (χ0v) is 9.47. The Labute approximate surface area is 99.9 Å². The number of amides is 1. The number of carbonyl (C=O) groups is 1. The van der Waals surface area contributed by atoms with Gasteiger partial charge in [-0.3, -0.25) is 9.78 Å². The smallest absolute Gasteiger partial charge is 0.272 e. The number of nitrogen functional groups attached to an aromatic ring is 1. The van der Waals surface area contributed by atoms with Gasteiger partial charge in [-0.1, -0.05) is 0 Å². The Hall–Kier alpha value is -2.09. The highest BCUT2D eigenvalue weighted by Gasteiger charge is 2.33. The van der Waals surface area contributed by atoms with Gasteiger partial charge in [0.05, 0.1) is 12.5 Å². The summed E-state index contributed by atoms with van der Waals surface area (Å²) in [7, 11) is 0. The number of nitriles is 1. The number of carbonyl (C=O) groups excluding carboxylic acids is 1. The third-order valence-electron chi connectivity index (χ3n) is 2.72. The van der Waals surface area contributed by atoms with E-state index in [2.05, 4.69) is 11.1 Å². The van der Waals surface area contributed by atoms with E-state index in [1.165, 1.54) is 6.20 Å². The third-order valence-corrected chi connectivity index (χ3v) is 2.72. The van der Waals surface area contributed by atoms with Crippen molar-refractivity contribution in [1.82, 2.24) is 9.88 Å². The Morgan fingerprint density at radius 1 is 1.65 bits per heavy atom. The maximum Gasteiger partial charge on any atom is 0.272 e. The predicted octanol–water partition coefficient (Wildman–Crippen LogP) is 1.18. The van der Waals surface area contributed by atoms with Crippen LogP contribution in [0.1, 0.15) is 29.8 Å². The van der Waals surface area contributed by atoms with E-state index in [4.69, 9.17) is 11.0 Å². The lowest BCUT2D eigenvalue weighted by atomic mass is 10.2. The molecule has 1 saturated carbocycles. The molecule has 17 heavy (non-hydrogen) atoms. The Bertz CT molecular complexity index is 462. The van der Waals surface area contributed by atoms with E-state index in [1.54, 1.807) is 17.0 Å². The molecule has 5 nitrogen and oxygen atoms in total. The van der Waals surface area contributed by atoms with Crippen LogP contribution in [0.3, 0.4) is 0 Å². The molecule has 5 heteroatoms. The summed E-state index contributed by atoms with van der Waals surface area (Å²) in [6.45, 7) is 0.469. The van der Waals surface area contributed by atoms with Gasteiger partial charge < -0.3 is 10.6 Å². The zero-order chi connectivity index (χ0) is 12.3. The molecule has 0 atom stereocenters. The van der Waals surface area contributed by atoms with Gasteiger partial charge in [-0.25, -0.2) is 0 Å². The molecule has 1 aliphatic carbocycles. The number of pyridine rings is 1. The summed E-state index contributed by atoms with van der Waals surface area (Å²) in [6, 6.07) is 5.56. The Balaban J connectivity index is 2.13. The van der Waals surface area contributed by atoms with Crippen molar-refractivity contribution < 1.29 is 4.79 Å². The van der Waals surface area contributed by atoms with Crippen molar-refractivity contribution in [3.8, 4) is 6.07 Å². The largest absolute Gasteiger partial charge is 0.399 e. The number of rotatable bonds is 4. The molecule has 1 fully saturated rings. The summed E-state index contributed by atoms with van der Waals surface area (Å²) in [6.07, 6.45) is 3.90. The van der Waals surface area contributed by atoms with Gasteiger partial charge in [0.15, 0.2) is 0 Å². The second kappa shape index (κ2) is 4.83. The van der Waals surface area contributed by atoms with Crippen LogP contribution in [0.15, 0.2) is 18.3 Å². The van der Waals surface area contributed by atoms with E-state index < -0.39 is 0 Å². The van der Waals surface area contributed by atoms with Crippen LogP contribution >= 0.6 is 0 Å². The lowest BCUT2D eigenvalue weighted by Gasteiger charge is -2.20. The van der Waals surface area contributed by atoms with Gasteiger partial charge in [0.2, 0.25) is 0 Å². The maximum atomic E-state index is 12.2. The van der Waals surface area contributed by atoms with Crippen molar-refractivity contribution in [2.24, 2.45) is 0 Å². The number of aromatic nitrogens is 1. The quantitative estimate of drug-likeness (QED) is 0.841. The van der Waals surface area contributed by atoms with E-state index in [0.29, 0.717) is 24.3 Å². The highest BCUT2D eigenvalue weighted by molar-refractivity contribution is 5.93. The summed E-state index contributed by atoms with van der Waals surface area (Å²) in [5, 5.41) is 8.59. The molecule has 0 radical (unpaired) electrons. The lowest BCUT2D eigenvalue weighted by molar-refractivity contribution is 0.0741. The number of nitrogens with two attached hydrogens (primary N) is 1. The number of anilines is 1. The van der Waals surface area contributed by atoms with Gasteiger partial charge >= 0.3 is 0 Å². The van der Waals surface area contributed by atoms with Crippen LogP contribution in [0.5, 0.6) is 0 Å². The van der Waals surface area contributed by atoms with Crippen molar-refractivity contribution in [3.05, 3.63) is 24.0 Å². The first-order valence-electron chi connectivity index (χ1n) is 5.62. The van der Waals surface area contributed by atoms with Crippen molar-refractivity contribution >= 4 is 11.6 Å². The summed E-state index contributed by atoms with van der Waals surface area (Å²) in [4.78, 5) is 17.9. The molecular formula is C12H14N4O. The van der Waals surface area contributed by atoms with Gasteiger partial charge in [0.25, 0.3) is 5.91 Å². The van der Waals surface area contributed by atoms with E-state index in [1.807, 2.05) is 0 Å². The molecule has 0 spiro atoms. The molecule has 1 aromatic rings. The van der Waals surface area contributed by atoms with Crippen LogP contribution in [-0.4, -0.2) is 28.4 Å². The minimum atomic E-state index is -0.130. The van der Waals surface area contributed by atoms with Crippen LogP contribution in [0.25, 0.3) is 0 Å². The van der Waals surface area contributed by atoms with E-state index in [-0.39, 0.29) is 11.9 Å². The van der Waals surface area contributed by atoms with E-state index >= 15 is 0 Å². The average Bonchev–Trinajstić information content (AvgIpc) is 3.14. The average molecular weight is 230 g/mol. The number of hydrogen-bond donors (Lipinski definition) is 1. The second-order valence-electron chi connectivity index (χ2n) is 4.11. The molecule has 88 valence electrons. The van der Waals surface area contributed by atoms with Gasteiger partial charge in [0, 0.05) is 24.5 Å². The highest BCUT2D eigenvalue weighted by atomic mass is 16.2. The molecule has 1 aromatic heterocycles. The molecule has 0 aliphatic heterocycles. The highest BCUT2D eigenvalue weighted by Crippen LogP contribution is 2.28. The van der Waals surface area contributed by atoms with Crippen LogP contribution < -0.4 is 5.73 Å². The van der Waals surface area contributed by atoms with Gasteiger partial charge in [0.1, 0.15) is 5.69 Å². The minimum Gasteiger partial charge on any atom is -0.399 e. The fourth-order valence-electron chi connectivity index (χ4n) is 1.72. The standard InChI is InChI=1S/C12H14N4O/c13-5-1-7-16(10-2-3-10)12(17)11-8-9(14)4-6-15-11/h4,6,8,10H,1-3,7H2,(H2,14,15). The first kappa shape index (κ1) is 11.4. The first-order valence-corrected chi connectivity index (χ1v) is 5.62. The molecule has 2 N–H and O–H groups in total. The summed E-state index contributed by atoms with van der Waals surface area (Å²) >= 11 is 0. The number of nitrogens with zero attached hydrogens (tertiary/aromatic N) is 3. The SMILES string of the molecule is N#CCCN(C(=O)c1cc(N)ccn1)C1CC1. The second-order valence-corrected chi connectivity index (χ2v) is 4.11. The minimum absolute atomic E-state index is 0.130. The van der Waals surface area contributed by atoms with Crippen LogP contribution in [0.4, 0.5) is 5.69 Å². The Morgan fingerprint density at radius 3 is 3.00 bits per heavy atom. The summed E-state index contributed by atoms with van der Waals surface area (Å²) in [5.74, 6) is -0.130. The fraction of sp³-hybridized carbons (Fsp3) is 0.417. The maximum absolute atomic E-state index is 12.2. The van der Waals surface area contributed by atoms with Crippen LogP contribution in [0.2, 0.25) is 0 Å². The van der Waals surface area contributed by atoms with Crippen LogP contribution in [-0.2, 0) is 0 Å². The molecule has 1 heterocycles.